The largest absolute Gasteiger partial charge is 0.291 e. The first-order valence-corrected chi connectivity index (χ1v) is 6.30. The van der Waals surface area contributed by atoms with Crippen LogP contribution in [0.1, 0.15) is 18.3 Å². The van der Waals surface area contributed by atoms with Gasteiger partial charge in [-0.2, -0.15) is 5.10 Å². The number of aryl methyl sites for hydroxylation is 1. The molecule has 2 N–H and O–H groups in total. The number of nitro benzene ring substituents is 1. The normalized spacial score (nSPS) is 10.2. The van der Waals surface area contributed by atoms with Gasteiger partial charge in [0, 0.05) is 18.6 Å². The monoisotopic (exact) mass is 291 g/mol. The van der Waals surface area contributed by atoms with E-state index in [-0.39, 0.29) is 5.69 Å². The molecule has 20 heavy (non-hydrogen) atoms. The van der Waals surface area contributed by atoms with Crippen LogP contribution in [-0.2, 0) is 6.42 Å². The van der Waals surface area contributed by atoms with Gasteiger partial charge in [-0.3, -0.25) is 20.6 Å². The molecule has 1 aromatic carbocycles. The van der Waals surface area contributed by atoms with Gasteiger partial charge in [0.05, 0.1) is 10.6 Å². The first kappa shape index (κ1) is 13.9. The summed E-state index contributed by atoms with van der Waals surface area (Å²) in [5.41, 5.74) is 4.38. The van der Waals surface area contributed by atoms with Crippen LogP contribution in [0.5, 0.6) is 0 Å². The number of H-pyrrole nitrogens is 1. The number of rotatable bonds is 5. The molecule has 0 radical (unpaired) electrons. The third-order valence-electron chi connectivity index (χ3n) is 2.73. The summed E-state index contributed by atoms with van der Waals surface area (Å²) in [6.45, 7) is 5.86. The molecular weight excluding hydrogens is 278 g/mol. The minimum absolute atomic E-state index is 0.0377. The highest BCUT2D eigenvalue weighted by Crippen LogP contribution is 2.17. The maximum absolute atomic E-state index is 10.6. The Morgan fingerprint density at radius 2 is 2.20 bits per heavy atom. The molecule has 0 fully saturated rings. The minimum atomic E-state index is -0.443. The summed E-state index contributed by atoms with van der Waals surface area (Å²) in [4.78, 5) is 10.2. The summed E-state index contributed by atoms with van der Waals surface area (Å²) in [6, 6.07) is 6.11. The Kier molecular flexibility index (Phi) is 3.94. The number of aromatic nitrogens is 3. The summed E-state index contributed by atoms with van der Waals surface area (Å²) >= 11 is 5.11. The lowest BCUT2D eigenvalue weighted by Gasteiger charge is -2.11. The molecule has 8 heteroatoms. The lowest BCUT2D eigenvalue weighted by molar-refractivity contribution is -0.384. The average molecular weight is 291 g/mol. The van der Waals surface area contributed by atoms with Crippen molar-refractivity contribution < 1.29 is 4.92 Å². The van der Waals surface area contributed by atoms with Gasteiger partial charge in [-0.05, 0) is 29.9 Å². The van der Waals surface area contributed by atoms with E-state index in [1.807, 2.05) is 6.92 Å². The van der Waals surface area contributed by atoms with Crippen LogP contribution >= 0.6 is 12.2 Å². The number of nitrogens with zero attached hydrogens (tertiary/aromatic N) is 3. The van der Waals surface area contributed by atoms with E-state index in [0.29, 0.717) is 16.9 Å². The van der Waals surface area contributed by atoms with E-state index in [1.54, 1.807) is 16.8 Å². The highest BCUT2D eigenvalue weighted by molar-refractivity contribution is 7.71. The molecule has 104 valence electrons. The molecule has 0 aliphatic carbocycles. The predicted molar refractivity (Wildman–Crippen MR) is 78.3 cm³/mol. The van der Waals surface area contributed by atoms with Gasteiger partial charge in [-0.15, -0.1) is 0 Å². The number of nitrogens with one attached hydrogen (secondary N) is 2. The Morgan fingerprint density at radius 3 is 2.75 bits per heavy atom. The third kappa shape index (κ3) is 2.75. The third-order valence-corrected chi connectivity index (χ3v) is 3.01. The fourth-order valence-corrected chi connectivity index (χ4v) is 1.86. The predicted octanol–water partition coefficient (Wildman–Crippen LogP) is 2.63. The van der Waals surface area contributed by atoms with Gasteiger partial charge < -0.3 is 0 Å². The molecule has 0 saturated heterocycles. The molecule has 0 saturated carbocycles. The summed E-state index contributed by atoms with van der Waals surface area (Å²) in [5.74, 6) is 0.748. The Labute approximate surface area is 120 Å². The molecule has 1 aromatic heterocycles. The lowest BCUT2D eigenvalue weighted by atomic mass is 10.1. The van der Waals surface area contributed by atoms with Crippen molar-refractivity contribution in [3.8, 4) is 0 Å². The molecule has 0 bridgehead atoms. The van der Waals surface area contributed by atoms with Crippen LogP contribution in [0.3, 0.4) is 0 Å². The zero-order valence-electron chi connectivity index (χ0n) is 10.8. The molecule has 1 heterocycles. The second-order valence-electron chi connectivity index (χ2n) is 4.03. The van der Waals surface area contributed by atoms with E-state index < -0.39 is 4.92 Å². The van der Waals surface area contributed by atoms with Crippen molar-refractivity contribution in [1.82, 2.24) is 14.9 Å². The van der Waals surface area contributed by atoms with Crippen molar-refractivity contribution in [3.63, 3.8) is 0 Å². The lowest BCUT2D eigenvalue weighted by Crippen LogP contribution is -2.16. The van der Waals surface area contributed by atoms with Crippen molar-refractivity contribution in [2.45, 2.75) is 13.3 Å². The molecular formula is C12H13N5O2S. The van der Waals surface area contributed by atoms with E-state index >= 15 is 0 Å². The van der Waals surface area contributed by atoms with Gasteiger partial charge in [-0.1, -0.05) is 13.5 Å². The quantitative estimate of drug-likeness (QED) is 0.502. The SMILES string of the molecule is C=C(Nn1c(CC)n[nH]c1=S)c1ccc([N+](=O)[O-])cc1. The van der Waals surface area contributed by atoms with Crippen molar-refractivity contribution in [1.29, 1.82) is 0 Å². The van der Waals surface area contributed by atoms with Crippen molar-refractivity contribution >= 4 is 23.6 Å². The van der Waals surface area contributed by atoms with Crippen LogP contribution in [0, 0.1) is 14.9 Å². The maximum atomic E-state index is 10.6. The van der Waals surface area contributed by atoms with Gasteiger partial charge in [0.2, 0.25) is 4.77 Å². The molecule has 2 rings (SSSR count). The van der Waals surface area contributed by atoms with Gasteiger partial charge >= 0.3 is 0 Å². The van der Waals surface area contributed by atoms with E-state index in [2.05, 4.69) is 22.2 Å². The number of aromatic amines is 1. The van der Waals surface area contributed by atoms with Crippen LogP contribution in [0.2, 0.25) is 0 Å². The van der Waals surface area contributed by atoms with Crippen molar-refractivity contribution in [2.24, 2.45) is 0 Å². The summed E-state index contributed by atoms with van der Waals surface area (Å²) in [7, 11) is 0. The first-order chi connectivity index (χ1) is 9.52. The van der Waals surface area contributed by atoms with E-state index in [1.165, 1.54) is 12.1 Å². The van der Waals surface area contributed by atoms with E-state index in [4.69, 9.17) is 12.2 Å². The fourth-order valence-electron chi connectivity index (χ4n) is 1.67. The molecule has 0 unspecified atom stereocenters. The van der Waals surface area contributed by atoms with Crippen LogP contribution in [0.15, 0.2) is 30.8 Å². The average Bonchev–Trinajstić information content (AvgIpc) is 2.79. The Morgan fingerprint density at radius 1 is 1.55 bits per heavy atom. The zero-order valence-corrected chi connectivity index (χ0v) is 11.6. The van der Waals surface area contributed by atoms with Crippen molar-refractivity contribution in [2.75, 3.05) is 5.43 Å². The fraction of sp³-hybridized carbons (Fsp3) is 0.167. The first-order valence-electron chi connectivity index (χ1n) is 5.90. The van der Waals surface area contributed by atoms with E-state index in [9.17, 15) is 10.1 Å². The van der Waals surface area contributed by atoms with Gasteiger partial charge in [0.1, 0.15) is 0 Å². The number of non-ortho nitro benzene ring substituents is 1. The second-order valence-corrected chi connectivity index (χ2v) is 4.41. The van der Waals surface area contributed by atoms with Crippen LogP contribution in [0.25, 0.3) is 5.70 Å². The summed E-state index contributed by atoms with van der Waals surface area (Å²) in [5, 5.41) is 17.4. The molecule has 0 aliphatic heterocycles. The molecule has 7 nitrogen and oxygen atoms in total. The minimum Gasteiger partial charge on any atom is -0.291 e. The molecule has 0 atom stereocenters. The maximum Gasteiger partial charge on any atom is 0.269 e. The smallest absolute Gasteiger partial charge is 0.269 e. The Balaban J connectivity index is 2.21. The standard InChI is InChI=1S/C12H13N5O2S/c1-3-11-13-14-12(20)16(11)15-8(2)9-4-6-10(7-5-9)17(18)19/h4-7,15H,2-3H2,1H3,(H,14,20). The van der Waals surface area contributed by atoms with Gasteiger partial charge in [-0.25, -0.2) is 4.68 Å². The zero-order chi connectivity index (χ0) is 14.7. The van der Waals surface area contributed by atoms with Crippen molar-refractivity contribution in [3.05, 3.63) is 57.1 Å². The summed E-state index contributed by atoms with van der Waals surface area (Å²) in [6.07, 6.45) is 0.702. The van der Waals surface area contributed by atoms with Crippen LogP contribution < -0.4 is 5.43 Å². The molecule has 0 spiro atoms. The number of benzene rings is 1. The second kappa shape index (κ2) is 5.66. The van der Waals surface area contributed by atoms with E-state index in [0.717, 1.165) is 11.4 Å². The topological polar surface area (TPSA) is 88.8 Å². The van der Waals surface area contributed by atoms with Crippen LogP contribution in [0.4, 0.5) is 5.69 Å². The number of hydrogen-bond acceptors (Lipinski definition) is 5. The van der Waals surface area contributed by atoms with Gasteiger partial charge in [0.15, 0.2) is 5.82 Å². The Bertz CT molecular complexity index is 701. The highest BCUT2D eigenvalue weighted by Gasteiger charge is 2.08. The number of nitro groups is 1. The Hall–Kier alpha value is -2.48. The molecule has 0 amide bonds. The molecule has 0 aliphatic rings. The molecule has 2 aromatic rings. The van der Waals surface area contributed by atoms with Gasteiger partial charge in [0.25, 0.3) is 5.69 Å². The number of hydrogen-bond donors (Lipinski definition) is 2. The van der Waals surface area contributed by atoms with Crippen LogP contribution in [-0.4, -0.2) is 19.8 Å². The summed E-state index contributed by atoms with van der Waals surface area (Å²) < 4.78 is 2.06. The highest BCUT2D eigenvalue weighted by atomic mass is 32.1.